The highest BCUT2D eigenvalue weighted by Crippen LogP contribution is 2.54. The number of hydrogen-bond donors (Lipinski definition) is 1. The molecular formula is C14H21N3O2. The van der Waals surface area contributed by atoms with Crippen molar-refractivity contribution in [1.29, 1.82) is 0 Å². The molecule has 4 aliphatic rings. The van der Waals surface area contributed by atoms with Crippen molar-refractivity contribution in [2.45, 2.75) is 44.6 Å². The Labute approximate surface area is 112 Å². The van der Waals surface area contributed by atoms with Gasteiger partial charge in [0, 0.05) is 6.42 Å². The summed E-state index contributed by atoms with van der Waals surface area (Å²) in [5.74, 6) is 4.20. The normalized spacial score (nSPS) is 39.9. The van der Waals surface area contributed by atoms with Gasteiger partial charge in [-0.3, -0.25) is 0 Å². The van der Waals surface area contributed by atoms with Crippen LogP contribution in [0.5, 0.6) is 0 Å². The van der Waals surface area contributed by atoms with Gasteiger partial charge in [0.1, 0.15) is 0 Å². The first-order valence-corrected chi connectivity index (χ1v) is 7.47. The number of anilines is 1. The molecule has 1 heterocycles. The highest BCUT2D eigenvalue weighted by Gasteiger charge is 2.48. The van der Waals surface area contributed by atoms with E-state index in [2.05, 4.69) is 10.2 Å². The molecule has 2 N–H and O–H groups in total. The van der Waals surface area contributed by atoms with E-state index in [1.807, 2.05) is 0 Å². The van der Waals surface area contributed by atoms with Gasteiger partial charge in [-0.15, -0.1) is 5.10 Å². The maximum absolute atomic E-state index is 6.16. The van der Waals surface area contributed by atoms with Crippen LogP contribution in [0, 0.1) is 23.7 Å². The van der Waals surface area contributed by atoms with E-state index in [4.69, 9.17) is 14.9 Å². The average molecular weight is 263 g/mol. The number of aromatic nitrogens is 2. The molecular weight excluding hydrogens is 242 g/mol. The lowest BCUT2D eigenvalue weighted by Gasteiger charge is -2.54. The van der Waals surface area contributed by atoms with E-state index in [0.717, 1.165) is 23.7 Å². The van der Waals surface area contributed by atoms with Gasteiger partial charge in [0.15, 0.2) is 0 Å². The van der Waals surface area contributed by atoms with E-state index in [9.17, 15) is 0 Å². The molecule has 5 rings (SSSR count). The van der Waals surface area contributed by atoms with Gasteiger partial charge < -0.3 is 14.9 Å². The molecule has 0 saturated heterocycles. The van der Waals surface area contributed by atoms with Crippen LogP contribution in [-0.4, -0.2) is 22.9 Å². The van der Waals surface area contributed by atoms with Gasteiger partial charge in [-0.2, -0.15) is 0 Å². The summed E-state index contributed by atoms with van der Waals surface area (Å²) in [6.45, 7) is 0.675. The molecule has 0 aromatic carbocycles. The molecule has 19 heavy (non-hydrogen) atoms. The van der Waals surface area contributed by atoms with Gasteiger partial charge >= 0.3 is 6.01 Å². The number of nitrogens with zero attached hydrogens (tertiary/aromatic N) is 2. The SMILES string of the molecule is Nc1nnc(CCOC2C3CC4CC(C3)CC2C4)o1. The Morgan fingerprint density at radius 1 is 1.05 bits per heavy atom. The van der Waals surface area contributed by atoms with Gasteiger partial charge in [-0.05, 0) is 55.8 Å². The van der Waals surface area contributed by atoms with Crippen molar-refractivity contribution in [1.82, 2.24) is 10.2 Å². The Kier molecular flexibility index (Phi) is 2.76. The first-order chi connectivity index (χ1) is 9.28. The third-order valence-electron chi connectivity index (χ3n) is 5.25. The lowest BCUT2D eigenvalue weighted by Crippen LogP contribution is -2.49. The van der Waals surface area contributed by atoms with Gasteiger partial charge in [-0.1, -0.05) is 5.10 Å². The van der Waals surface area contributed by atoms with Crippen LogP contribution in [0.3, 0.4) is 0 Å². The van der Waals surface area contributed by atoms with Crippen LogP contribution >= 0.6 is 0 Å². The van der Waals surface area contributed by atoms with Crippen LogP contribution in [-0.2, 0) is 11.2 Å². The highest BCUT2D eigenvalue weighted by molar-refractivity contribution is 5.04. The van der Waals surface area contributed by atoms with E-state index in [0.29, 0.717) is 25.0 Å². The average Bonchev–Trinajstić information content (AvgIpc) is 2.78. The minimum absolute atomic E-state index is 0.143. The quantitative estimate of drug-likeness (QED) is 0.899. The minimum atomic E-state index is 0.143. The van der Waals surface area contributed by atoms with Crippen LogP contribution in [0.25, 0.3) is 0 Å². The van der Waals surface area contributed by atoms with Crippen LogP contribution in [0.1, 0.15) is 38.0 Å². The first kappa shape index (κ1) is 11.7. The largest absolute Gasteiger partial charge is 0.408 e. The number of nitrogens with two attached hydrogens (primary N) is 1. The summed E-state index contributed by atoms with van der Waals surface area (Å²) in [5.41, 5.74) is 5.41. The highest BCUT2D eigenvalue weighted by atomic mass is 16.5. The predicted octanol–water partition coefficient (Wildman–Crippen LogP) is 2.04. The van der Waals surface area contributed by atoms with Crippen molar-refractivity contribution in [2.75, 3.05) is 12.3 Å². The molecule has 1 aromatic heterocycles. The molecule has 4 bridgehead atoms. The van der Waals surface area contributed by atoms with Gasteiger partial charge in [0.2, 0.25) is 5.89 Å². The zero-order valence-electron chi connectivity index (χ0n) is 11.1. The van der Waals surface area contributed by atoms with Gasteiger partial charge in [-0.25, -0.2) is 0 Å². The Morgan fingerprint density at radius 2 is 1.74 bits per heavy atom. The Balaban J connectivity index is 1.33. The van der Waals surface area contributed by atoms with Crippen molar-refractivity contribution in [3.05, 3.63) is 5.89 Å². The van der Waals surface area contributed by atoms with E-state index >= 15 is 0 Å². The molecule has 5 heteroatoms. The molecule has 5 nitrogen and oxygen atoms in total. The molecule has 4 saturated carbocycles. The fourth-order valence-electron chi connectivity index (χ4n) is 4.80. The molecule has 0 unspecified atom stereocenters. The summed E-state index contributed by atoms with van der Waals surface area (Å²) in [6, 6.07) is 0.143. The number of hydrogen-bond acceptors (Lipinski definition) is 5. The molecule has 0 radical (unpaired) electrons. The van der Waals surface area contributed by atoms with Gasteiger partial charge in [0.25, 0.3) is 0 Å². The molecule has 104 valence electrons. The smallest absolute Gasteiger partial charge is 0.312 e. The first-order valence-electron chi connectivity index (χ1n) is 7.47. The minimum Gasteiger partial charge on any atom is -0.408 e. The molecule has 4 aliphatic carbocycles. The standard InChI is InChI=1S/C14H21N3O2/c15-14-17-16-12(19-14)1-2-18-13-10-4-8-3-9(6-10)7-11(13)5-8/h8-11,13H,1-7H2,(H2,15,17). The van der Waals surface area contributed by atoms with Crippen molar-refractivity contribution in [3.63, 3.8) is 0 Å². The van der Waals surface area contributed by atoms with E-state index in [1.54, 1.807) is 0 Å². The zero-order valence-corrected chi connectivity index (χ0v) is 11.1. The third kappa shape index (κ3) is 2.14. The van der Waals surface area contributed by atoms with Crippen LogP contribution in [0.15, 0.2) is 4.42 Å². The summed E-state index contributed by atoms with van der Waals surface area (Å²) in [5, 5.41) is 7.53. The summed E-state index contributed by atoms with van der Waals surface area (Å²) in [4.78, 5) is 0. The fraction of sp³-hybridized carbons (Fsp3) is 0.857. The van der Waals surface area contributed by atoms with Crippen LogP contribution in [0.4, 0.5) is 6.01 Å². The van der Waals surface area contributed by atoms with E-state index in [1.165, 1.54) is 32.1 Å². The maximum Gasteiger partial charge on any atom is 0.312 e. The monoisotopic (exact) mass is 263 g/mol. The lowest BCUT2D eigenvalue weighted by molar-refractivity contribution is -0.126. The topological polar surface area (TPSA) is 74.2 Å². The molecule has 0 aliphatic heterocycles. The van der Waals surface area contributed by atoms with E-state index in [-0.39, 0.29) is 6.01 Å². The van der Waals surface area contributed by atoms with E-state index < -0.39 is 0 Å². The molecule has 0 spiro atoms. The number of ether oxygens (including phenoxy) is 1. The maximum atomic E-state index is 6.16. The second kappa shape index (κ2) is 4.47. The second-order valence-corrected chi connectivity index (χ2v) is 6.55. The number of nitrogen functional groups attached to an aromatic ring is 1. The van der Waals surface area contributed by atoms with Crippen molar-refractivity contribution < 1.29 is 9.15 Å². The lowest BCUT2D eigenvalue weighted by atomic mass is 9.55. The van der Waals surface area contributed by atoms with Crippen molar-refractivity contribution >= 4 is 6.01 Å². The van der Waals surface area contributed by atoms with Crippen LogP contribution < -0.4 is 5.73 Å². The Hall–Kier alpha value is -1.10. The third-order valence-corrected chi connectivity index (χ3v) is 5.25. The fourth-order valence-corrected chi connectivity index (χ4v) is 4.80. The van der Waals surface area contributed by atoms with Crippen molar-refractivity contribution in [2.24, 2.45) is 23.7 Å². The molecule has 1 aromatic rings. The Morgan fingerprint density at radius 3 is 2.32 bits per heavy atom. The summed E-state index contributed by atoms with van der Waals surface area (Å²) in [7, 11) is 0. The summed E-state index contributed by atoms with van der Waals surface area (Å²) >= 11 is 0. The van der Waals surface area contributed by atoms with Crippen molar-refractivity contribution in [3.8, 4) is 0 Å². The number of rotatable bonds is 4. The summed E-state index contributed by atoms with van der Waals surface area (Å²) in [6.07, 6.45) is 8.22. The zero-order chi connectivity index (χ0) is 12.8. The predicted molar refractivity (Wildman–Crippen MR) is 69.2 cm³/mol. The van der Waals surface area contributed by atoms with Gasteiger partial charge in [0.05, 0.1) is 12.7 Å². The second-order valence-electron chi connectivity index (χ2n) is 6.55. The molecule has 4 fully saturated rings. The Bertz CT molecular complexity index is 431. The molecule has 0 amide bonds. The molecule has 0 atom stereocenters. The summed E-state index contributed by atoms with van der Waals surface area (Å²) < 4.78 is 11.3. The van der Waals surface area contributed by atoms with Crippen LogP contribution in [0.2, 0.25) is 0 Å².